The molecule has 3 aromatic rings. The van der Waals surface area contributed by atoms with E-state index in [4.69, 9.17) is 9.84 Å². The number of aliphatic hydroxyl groups excluding tert-OH is 1. The number of aromatic amines is 1. The van der Waals surface area contributed by atoms with Gasteiger partial charge in [-0.3, -0.25) is 9.59 Å². The number of carbonyl (C=O) groups is 2. The fourth-order valence-corrected chi connectivity index (χ4v) is 2.89. The first-order chi connectivity index (χ1) is 13.3. The number of hydrogen-bond acceptors (Lipinski definition) is 5. The fraction of sp³-hybridized carbons (Fsp3) is 0.250. The van der Waals surface area contributed by atoms with Crippen LogP contribution in [-0.4, -0.2) is 38.7 Å². The van der Waals surface area contributed by atoms with Crippen LogP contribution in [0.2, 0.25) is 0 Å². The summed E-state index contributed by atoms with van der Waals surface area (Å²) in [5, 5.41) is 12.6. The van der Waals surface area contributed by atoms with Crippen LogP contribution in [0.4, 0.5) is 5.82 Å². The van der Waals surface area contributed by atoms with Gasteiger partial charge in [0.2, 0.25) is 0 Å². The molecule has 8 heteroatoms. The second-order valence-corrected chi connectivity index (χ2v) is 7.54. The van der Waals surface area contributed by atoms with Crippen LogP contribution >= 0.6 is 9.24 Å². The second kappa shape index (κ2) is 8.09. The lowest BCUT2D eigenvalue weighted by atomic mass is 10.1. The van der Waals surface area contributed by atoms with Crippen molar-refractivity contribution in [3.63, 3.8) is 0 Å². The van der Waals surface area contributed by atoms with Gasteiger partial charge in [0.05, 0.1) is 17.4 Å². The Morgan fingerprint density at radius 3 is 2.61 bits per heavy atom. The van der Waals surface area contributed by atoms with Crippen molar-refractivity contribution in [2.45, 2.75) is 25.9 Å². The molecule has 0 saturated heterocycles. The van der Waals surface area contributed by atoms with E-state index < -0.39 is 5.60 Å². The molecular weight excluding hydrogens is 377 g/mol. The molecule has 1 atom stereocenters. The molecule has 2 heterocycles. The number of carbonyl (C=O) groups excluding carboxylic acids is 2. The standard InChI is InChI=1S/C20H22N3O4P/c1-20(2,7-8-24)27-14-5-3-12(4-6-14)18(25)23-17-10-13-9-15(19(26)28)22-16(13)11-21-17/h3-6,9-11,22,24H,7-8,28H2,1-2H3,(H,21,23,25). The van der Waals surface area contributed by atoms with Crippen LogP contribution in [0.25, 0.3) is 10.9 Å². The van der Waals surface area contributed by atoms with Crippen molar-refractivity contribution < 1.29 is 19.4 Å². The zero-order chi connectivity index (χ0) is 20.3. The molecule has 0 fully saturated rings. The molecule has 0 radical (unpaired) electrons. The van der Waals surface area contributed by atoms with Gasteiger partial charge in [-0.25, -0.2) is 4.98 Å². The lowest BCUT2D eigenvalue weighted by Crippen LogP contribution is -2.29. The molecule has 1 aromatic carbocycles. The van der Waals surface area contributed by atoms with Crippen LogP contribution < -0.4 is 10.1 Å². The third kappa shape index (κ3) is 4.74. The van der Waals surface area contributed by atoms with Crippen LogP contribution in [0.3, 0.4) is 0 Å². The van der Waals surface area contributed by atoms with E-state index in [1.165, 1.54) is 0 Å². The lowest BCUT2D eigenvalue weighted by Gasteiger charge is -2.25. The lowest BCUT2D eigenvalue weighted by molar-refractivity contribution is 0.0765. The highest BCUT2D eigenvalue weighted by atomic mass is 31.0. The molecule has 28 heavy (non-hydrogen) atoms. The number of rotatable bonds is 7. The number of nitrogens with one attached hydrogen (secondary N) is 2. The van der Waals surface area contributed by atoms with Crippen molar-refractivity contribution in [2.24, 2.45) is 0 Å². The molecule has 3 rings (SSSR count). The van der Waals surface area contributed by atoms with E-state index in [0.717, 1.165) is 10.9 Å². The van der Waals surface area contributed by atoms with E-state index in [1.54, 1.807) is 42.6 Å². The van der Waals surface area contributed by atoms with Crippen molar-refractivity contribution in [1.29, 1.82) is 0 Å². The van der Waals surface area contributed by atoms with E-state index in [9.17, 15) is 9.59 Å². The minimum Gasteiger partial charge on any atom is -0.488 e. The Balaban J connectivity index is 1.70. The maximum atomic E-state index is 12.5. The highest BCUT2D eigenvalue weighted by Crippen LogP contribution is 2.22. The van der Waals surface area contributed by atoms with Crippen molar-refractivity contribution in [3.05, 3.63) is 53.9 Å². The largest absolute Gasteiger partial charge is 0.488 e. The van der Waals surface area contributed by atoms with Crippen molar-refractivity contribution in [3.8, 4) is 5.75 Å². The summed E-state index contributed by atoms with van der Waals surface area (Å²) in [7, 11) is 2.11. The average molecular weight is 399 g/mol. The van der Waals surface area contributed by atoms with Crippen LogP contribution in [-0.2, 0) is 0 Å². The predicted octanol–water partition coefficient (Wildman–Crippen LogP) is 3.37. The van der Waals surface area contributed by atoms with Crippen LogP contribution in [0, 0.1) is 0 Å². The van der Waals surface area contributed by atoms with Crippen LogP contribution in [0.15, 0.2) is 42.6 Å². The van der Waals surface area contributed by atoms with E-state index in [2.05, 4.69) is 24.5 Å². The number of amides is 1. The van der Waals surface area contributed by atoms with Gasteiger partial charge < -0.3 is 20.1 Å². The Morgan fingerprint density at radius 2 is 1.96 bits per heavy atom. The molecule has 146 valence electrons. The summed E-state index contributed by atoms with van der Waals surface area (Å²) < 4.78 is 5.83. The summed E-state index contributed by atoms with van der Waals surface area (Å²) in [6, 6.07) is 10.2. The molecule has 0 aliphatic rings. The SMILES string of the molecule is CC(C)(CCO)Oc1ccc(C(=O)Nc2cc3cc(C(=O)P)[nH]c3cn2)cc1. The Hall–Kier alpha value is -2.76. The van der Waals surface area contributed by atoms with Gasteiger partial charge in [-0.15, -0.1) is 0 Å². The highest BCUT2D eigenvalue weighted by molar-refractivity contribution is 7.41. The first-order valence-corrected chi connectivity index (χ1v) is 9.35. The quantitative estimate of drug-likeness (QED) is 0.529. The van der Waals surface area contributed by atoms with Gasteiger partial charge >= 0.3 is 0 Å². The smallest absolute Gasteiger partial charge is 0.256 e. The van der Waals surface area contributed by atoms with Gasteiger partial charge in [-0.05, 0) is 50.2 Å². The summed E-state index contributed by atoms with van der Waals surface area (Å²) in [5.74, 6) is 0.714. The minimum absolute atomic E-state index is 0.0404. The summed E-state index contributed by atoms with van der Waals surface area (Å²) in [4.78, 5) is 31.1. The average Bonchev–Trinajstić information content (AvgIpc) is 3.05. The van der Waals surface area contributed by atoms with Gasteiger partial charge in [-0.2, -0.15) is 0 Å². The first-order valence-electron chi connectivity index (χ1n) is 8.77. The maximum absolute atomic E-state index is 12.5. The number of nitrogens with zero attached hydrogens (tertiary/aromatic N) is 1. The van der Waals surface area contributed by atoms with Gasteiger partial charge in [0, 0.05) is 24.0 Å². The van der Waals surface area contributed by atoms with E-state index in [1.807, 2.05) is 13.8 Å². The van der Waals surface area contributed by atoms with Crippen molar-refractivity contribution in [1.82, 2.24) is 9.97 Å². The predicted molar refractivity (Wildman–Crippen MR) is 111 cm³/mol. The van der Waals surface area contributed by atoms with Gasteiger partial charge in [0.25, 0.3) is 5.91 Å². The molecule has 2 aromatic heterocycles. The van der Waals surface area contributed by atoms with Gasteiger partial charge in [-0.1, -0.05) is 9.24 Å². The molecule has 0 aliphatic carbocycles. The highest BCUT2D eigenvalue weighted by Gasteiger charge is 2.19. The molecule has 7 nitrogen and oxygen atoms in total. The molecule has 0 bridgehead atoms. The maximum Gasteiger partial charge on any atom is 0.256 e. The summed E-state index contributed by atoms with van der Waals surface area (Å²) >= 11 is 0. The summed E-state index contributed by atoms with van der Waals surface area (Å²) in [6.07, 6.45) is 2.08. The van der Waals surface area contributed by atoms with Gasteiger partial charge in [0.1, 0.15) is 17.2 Å². The third-order valence-corrected chi connectivity index (χ3v) is 4.55. The molecule has 0 aliphatic heterocycles. The number of aliphatic hydroxyl groups is 1. The zero-order valence-electron chi connectivity index (χ0n) is 15.7. The van der Waals surface area contributed by atoms with E-state index >= 15 is 0 Å². The number of benzene rings is 1. The van der Waals surface area contributed by atoms with E-state index in [0.29, 0.717) is 29.2 Å². The molecule has 3 N–H and O–H groups in total. The Labute approximate surface area is 164 Å². The normalized spacial score (nSPS) is 11.4. The third-order valence-electron chi connectivity index (χ3n) is 4.24. The topological polar surface area (TPSA) is 104 Å². The number of anilines is 1. The van der Waals surface area contributed by atoms with Crippen LogP contribution in [0.5, 0.6) is 5.75 Å². The fourth-order valence-electron chi connectivity index (χ4n) is 2.73. The molecule has 1 amide bonds. The Morgan fingerprint density at radius 1 is 1.25 bits per heavy atom. The molecule has 1 unspecified atom stereocenters. The molecule has 0 saturated carbocycles. The number of H-pyrrole nitrogens is 1. The number of ether oxygens (including phenoxy) is 1. The number of fused-ring (bicyclic) bond motifs is 1. The van der Waals surface area contributed by atoms with Crippen LogP contribution in [0.1, 0.15) is 41.1 Å². The second-order valence-electron chi connectivity index (χ2n) is 7.02. The number of aromatic nitrogens is 2. The number of hydrogen-bond donors (Lipinski definition) is 3. The Kier molecular flexibility index (Phi) is 5.77. The summed E-state index contributed by atoms with van der Waals surface area (Å²) in [5.41, 5.74) is 1.00. The van der Waals surface area contributed by atoms with Crippen molar-refractivity contribution in [2.75, 3.05) is 11.9 Å². The first kappa shape index (κ1) is 20.0. The van der Waals surface area contributed by atoms with E-state index in [-0.39, 0.29) is 18.0 Å². The van der Waals surface area contributed by atoms with Gasteiger partial charge in [0.15, 0.2) is 5.52 Å². The summed E-state index contributed by atoms with van der Waals surface area (Å²) in [6.45, 7) is 3.82. The zero-order valence-corrected chi connectivity index (χ0v) is 16.8. The molecular formula is C20H22N3O4P. The van der Waals surface area contributed by atoms with Crippen molar-refractivity contribution >= 4 is 37.4 Å². The monoisotopic (exact) mass is 399 g/mol. The minimum atomic E-state index is -0.494. The number of pyridine rings is 1. The Bertz CT molecular complexity index is 1010. The molecule has 0 spiro atoms.